The van der Waals surface area contributed by atoms with Gasteiger partial charge in [0, 0.05) is 17.7 Å². The maximum atomic E-state index is 12.4. The van der Waals surface area contributed by atoms with Gasteiger partial charge in [-0.3, -0.25) is 25.0 Å². The van der Waals surface area contributed by atoms with Gasteiger partial charge in [0.1, 0.15) is 6.29 Å². The molecular formula is C16H11ClN2O8. The molecular weight excluding hydrogens is 384 g/mol. The van der Waals surface area contributed by atoms with Crippen LogP contribution in [0, 0.1) is 20.2 Å². The van der Waals surface area contributed by atoms with Gasteiger partial charge < -0.3 is 9.47 Å². The summed E-state index contributed by atoms with van der Waals surface area (Å²) in [5.74, 6) is -1.34. The average molecular weight is 395 g/mol. The molecule has 0 atom stereocenters. The van der Waals surface area contributed by atoms with Crippen molar-refractivity contribution >= 4 is 35.2 Å². The van der Waals surface area contributed by atoms with Crippen LogP contribution in [0.1, 0.15) is 27.6 Å². The molecule has 10 nitrogen and oxygen atoms in total. The number of rotatable bonds is 7. The molecule has 0 heterocycles. The first-order valence-electron chi connectivity index (χ1n) is 7.34. The Morgan fingerprint density at radius 2 is 1.70 bits per heavy atom. The topological polar surface area (TPSA) is 139 Å². The Bertz CT molecular complexity index is 912. The maximum Gasteiger partial charge on any atom is 0.344 e. The normalized spacial score (nSPS) is 10.1. The second-order valence-corrected chi connectivity index (χ2v) is 5.43. The van der Waals surface area contributed by atoms with E-state index in [4.69, 9.17) is 21.1 Å². The van der Waals surface area contributed by atoms with Crippen LogP contribution in [0.3, 0.4) is 0 Å². The fourth-order valence-electron chi connectivity index (χ4n) is 2.09. The van der Waals surface area contributed by atoms with Crippen molar-refractivity contribution in [1.29, 1.82) is 0 Å². The zero-order chi connectivity index (χ0) is 20.1. The minimum atomic E-state index is -1.12. The lowest BCUT2D eigenvalue weighted by Gasteiger charge is -2.13. The Morgan fingerprint density at radius 1 is 1.11 bits per heavy atom. The van der Waals surface area contributed by atoms with Crippen LogP contribution >= 0.6 is 11.6 Å². The van der Waals surface area contributed by atoms with E-state index in [0.29, 0.717) is 12.4 Å². The van der Waals surface area contributed by atoms with Crippen molar-refractivity contribution in [2.24, 2.45) is 0 Å². The standard InChI is InChI=1S/C16H11ClN2O8/c1-2-26-14-4-9(8-20)3-13(17)15(14)27-16(21)10-5-11(18(22)23)7-12(6-10)19(24)25/h3-8H,2H2,1H3. The van der Waals surface area contributed by atoms with Crippen LogP contribution < -0.4 is 9.47 Å². The number of carbonyl (C=O) groups excluding carboxylic acids is 2. The van der Waals surface area contributed by atoms with E-state index in [1.165, 1.54) is 12.1 Å². The largest absolute Gasteiger partial charge is 0.490 e. The Kier molecular flexibility index (Phi) is 6.03. The van der Waals surface area contributed by atoms with Gasteiger partial charge in [0.05, 0.1) is 33.1 Å². The molecule has 0 spiro atoms. The third-order valence-corrected chi connectivity index (χ3v) is 3.50. The van der Waals surface area contributed by atoms with E-state index in [1.807, 2.05) is 0 Å². The van der Waals surface area contributed by atoms with Crippen LogP contribution in [-0.2, 0) is 0 Å². The number of nitrogens with zero attached hydrogens (tertiary/aromatic N) is 2. The minimum absolute atomic E-state index is 0.000352. The lowest BCUT2D eigenvalue weighted by Crippen LogP contribution is -2.11. The summed E-state index contributed by atoms with van der Waals surface area (Å²) in [6.45, 7) is 1.82. The van der Waals surface area contributed by atoms with Crippen LogP contribution in [0.25, 0.3) is 0 Å². The summed E-state index contributed by atoms with van der Waals surface area (Å²) in [5, 5.41) is 21.7. The second kappa shape index (κ2) is 8.23. The lowest BCUT2D eigenvalue weighted by atomic mass is 10.1. The Labute approximate surface area is 156 Å². The number of halogens is 1. The number of benzene rings is 2. The number of aldehydes is 1. The molecule has 27 heavy (non-hydrogen) atoms. The number of hydrogen-bond acceptors (Lipinski definition) is 8. The van der Waals surface area contributed by atoms with E-state index in [0.717, 1.165) is 12.1 Å². The zero-order valence-electron chi connectivity index (χ0n) is 13.7. The van der Waals surface area contributed by atoms with E-state index in [2.05, 4.69) is 0 Å². The smallest absolute Gasteiger partial charge is 0.344 e. The van der Waals surface area contributed by atoms with Crippen molar-refractivity contribution in [3.05, 3.63) is 66.7 Å². The molecule has 0 saturated carbocycles. The van der Waals surface area contributed by atoms with E-state index < -0.39 is 32.8 Å². The molecule has 0 radical (unpaired) electrons. The van der Waals surface area contributed by atoms with Gasteiger partial charge in [0.25, 0.3) is 11.4 Å². The Balaban J connectivity index is 2.47. The molecule has 0 saturated heterocycles. The predicted molar refractivity (Wildman–Crippen MR) is 92.7 cm³/mol. The molecule has 0 unspecified atom stereocenters. The summed E-state index contributed by atoms with van der Waals surface area (Å²) < 4.78 is 10.4. The van der Waals surface area contributed by atoms with Gasteiger partial charge in [-0.25, -0.2) is 4.79 Å². The predicted octanol–water partition coefficient (Wildman–Crippen LogP) is 3.59. The van der Waals surface area contributed by atoms with E-state index >= 15 is 0 Å². The molecule has 0 bridgehead atoms. The van der Waals surface area contributed by atoms with Crippen molar-refractivity contribution in [2.45, 2.75) is 6.92 Å². The molecule has 140 valence electrons. The van der Waals surface area contributed by atoms with Gasteiger partial charge in [0.2, 0.25) is 0 Å². The van der Waals surface area contributed by atoms with Crippen molar-refractivity contribution < 1.29 is 28.9 Å². The number of nitro benzene ring substituents is 2. The van der Waals surface area contributed by atoms with Gasteiger partial charge in [-0.2, -0.15) is 0 Å². The van der Waals surface area contributed by atoms with E-state index in [9.17, 15) is 29.8 Å². The Hall–Kier alpha value is -3.53. The number of esters is 1. The molecule has 0 fully saturated rings. The molecule has 0 amide bonds. The SMILES string of the molecule is CCOc1cc(C=O)cc(Cl)c1OC(=O)c1cc([N+](=O)[O-])cc([N+](=O)[O-])c1. The quantitative estimate of drug-likeness (QED) is 0.228. The summed E-state index contributed by atoms with van der Waals surface area (Å²) in [6.07, 6.45) is 0.518. The van der Waals surface area contributed by atoms with Crippen molar-refractivity contribution in [1.82, 2.24) is 0 Å². The van der Waals surface area contributed by atoms with Crippen molar-refractivity contribution in [3.63, 3.8) is 0 Å². The highest BCUT2D eigenvalue weighted by Gasteiger charge is 2.23. The first kappa shape index (κ1) is 19.8. The molecule has 2 aromatic rings. The van der Waals surface area contributed by atoms with Crippen LogP contribution in [0.15, 0.2) is 30.3 Å². The first-order valence-corrected chi connectivity index (χ1v) is 7.72. The van der Waals surface area contributed by atoms with Crippen LogP contribution in [0.2, 0.25) is 5.02 Å². The second-order valence-electron chi connectivity index (χ2n) is 5.02. The molecule has 0 aliphatic carbocycles. The Morgan fingerprint density at radius 3 is 2.19 bits per heavy atom. The van der Waals surface area contributed by atoms with Crippen molar-refractivity contribution in [3.8, 4) is 11.5 Å². The van der Waals surface area contributed by atoms with Gasteiger partial charge in [-0.15, -0.1) is 0 Å². The average Bonchev–Trinajstić information content (AvgIpc) is 2.63. The number of carbonyl (C=O) groups is 2. The molecule has 0 aliphatic heterocycles. The number of non-ortho nitro benzene ring substituents is 2. The van der Waals surface area contributed by atoms with E-state index in [-0.39, 0.29) is 28.7 Å². The molecule has 0 aromatic heterocycles. The van der Waals surface area contributed by atoms with Gasteiger partial charge in [-0.05, 0) is 19.1 Å². The maximum absolute atomic E-state index is 12.4. The highest BCUT2D eigenvalue weighted by molar-refractivity contribution is 6.32. The third-order valence-electron chi connectivity index (χ3n) is 3.22. The zero-order valence-corrected chi connectivity index (χ0v) is 14.5. The van der Waals surface area contributed by atoms with Gasteiger partial charge >= 0.3 is 5.97 Å². The fourth-order valence-corrected chi connectivity index (χ4v) is 2.35. The summed E-state index contributed by atoms with van der Waals surface area (Å²) >= 11 is 6.01. The van der Waals surface area contributed by atoms with E-state index in [1.54, 1.807) is 6.92 Å². The lowest BCUT2D eigenvalue weighted by molar-refractivity contribution is -0.394. The first-order chi connectivity index (χ1) is 12.8. The van der Waals surface area contributed by atoms with Crippen LogP contribution in [-0.4, -0.2) is 28.7 Å². The summed E-state index contributed by atoms with van der Waals surface area (Å²) in [4.78, 5) is 43.4. The number of nitro groups is 2. The molecule has 0 aliphatic rings. The third kappa shape index (κ3) is 4.55. The van der Waals surface area contributed by atoms with Crippen molar-refractivity contribution in [2.75, 3.05) is 6.61 Å². The monoisotopic (exact) mass is 394 g/mol. The summed E-state index contributed by atoms with van der Waals surface area (Å²) in [6, 6.07) is 4.91. The minimum Gasteiger partial charge on any atom is -0.490 e. The molecule has 11 heteroatoms. The van der Waals surface area contributed by atoms with Gasteiger partial charge in [-0.1, -0.05) is 11.6 Å². The van der Waals surface area contributed by atoms with Crippen LogP contribution in [0.5, 0.6) is 11.5 Å². The number of hydrogen-bond donors (Lipinski definition) is 0. The fraction of sp³-hybridized carbons (Fsp3) is 0.125. The number of ether oxygens (including phenoxy) is 2. The highest BCUT2D eigenvalue weighted by atomic mass is 35.5. The summed E-state index contributed by atoms with van der Waals surface area (Å²) in [5.41, 5.74) is -1.55. The van der Waals surface area contributed by atoms with Crippen LogP contribution in [0.4, 0.5) is 11.4 Å². The molecule has 0 N–H and O–H groups in total. The van der Waals surface area contributed by atoms with Gasteiger partial charge in [0.15, 0.2) is 11.5 Å². The molecule has 2 rings (SSSR count). The highest BCUT2D eigenvalue weighted by Crippen LogP contribution is 2.37. The summed E-state index contributed by atoms with van der Waals surface area (Å²) in [7, 11) is 0. The molecule has 2 aromatic carbocycles.